The Bertz CT molecular complexity index is 1520. The highest BCUT2D eigenvalue weighted by molar-refractivity contribution is 6.01. The van der Waals surface area contributed by atoms with Crippen molar-refractivity contribution < 1.29 is 33.9 Å². The number of carboxylic acid groups (broad SMARTS) is 1. The summed E-state index contributed by atoms with van der Waals surface area (Å²) in [6.07, 6.45) is 7.02. The summed E-state index contributed by atoms with van der Waals surface area (Å²) in [6, 6.07) is 19.1. The van der Waals surface area contributed by atoms with Crippen LogP contribution in [0.3, 0.4) is 0 Å². The molecule has 2 aromatic carbocycles. The molecule has 0 saturated carbocycles. The molecule has 60 heavy (non-hydrogen) atoms. The molecule has 3 unspecified atom stereocenters. The highest BCUT2D eigenvalue weighted by Crippen LogP contribution is 2.28. The molecule has 1 aliphatic heterocycles. The number of rotatable bonds is 21. The van der Waals surface area contributed by atoms with Crippen LogP contribution in [0.4, 0.5) is 4.79 Å². The summed E-state index contributed by atoms with van der Waals surface area (Å²) in [5.41, 5.74) is 1.87. The van der Waals surface area contributed by atoms with E-state index in [0.717, 1.165) is 62.2 Å². The van der Waals surface area contributed by atoms with Gasteiger partial charge in [0.15, 0.2) is 0 Å². The maximum absolute atomic E-state index is 12.5. The Hall–Kier alpha value is -4.74. The van der Waals surface area contributed by atoms with Crippen molar-refractivity contribution in [3.8, 4) is 0 Å². The van der Waals surface area contributed by atoms with Crippen LogP contribution in [0, 0.1) is 29.6 Å². The Kier molecular flexibility index (Phi) is 29.6. The summed E-state index contributed by atoms with van der Waals surface area (Å²) in [4.78, 5) is 70.9. The van der Waals surface area contributed by atoms with Crippen molar-refractivity contribution in [3.63, 3.8) is 0 Å². The van der Waals surface area contributed by atoms with E-state index in [4.69, 9.17) is 0 Å². The molecule has 0 aliphatic carbocycles. The molecule has 6 amide bonds. The number of benzene rings is 2. The normalized spacial score (nSPS) is 13.6. The summed E-state index contributed by atoms with van der Waals surface area (Å²) < 4.78 is 0. The maximum atomic E-state index is 12.5. The van der Waals surface area contributed by atoms with E-state index in [2.05, 4.69) is 57.5 Å². The number of carbonyl (C=O) groups excluding carboxylic acids is 5. The molecule has 12 heteroatoms. The van der Waals surface area contributed by atoms with Crippen molar-refractivity contribution in [2.75, 3.05) is 39.3 Å². The largest absolute Gasteiger partial charge is 0.481 e. The second kappa shape index (κ2) is 32.1. The number of urea groups is 1. The Labute approximate surface area is 362 Å². The van der Waals surface area contributed by atoms with Gasteiger partial charge in [0.25, 0.3) is 5.91 Å². The van der Waals surface area contributed by atoms with Gasteiger partial charge >= 0.3 is 12.0 Å². The van der Waals surface area contributed by atoms with Crippen LogP contribution in [0.1, 0.15) is 143 Å². The molecule has 1 fully saturated rings. The molecule has 4 N–H and O–H groups in total. The third-order valence-corrected chi connectivity index (χ3v) is 10.0. The molecule has 1 saturated heterocycles. The minimum absolute atomic E-state index is 0.0272. The molecule has 0 bridgehead atoms. The van der Waals surface area contributed by atoms with Crippen LogP contribution in [0.25, 0.3) is 0 Å². The molecule has 3 rings (SSSR count). The van der Waals surface area contributed by atoms with E-state index in [9.17, 15) is 33.9 Å². The molecule has 1 heterocycles. The van der Waals surface area contributed by atoms with Crippen LogP contribution in [0.2, 0.25) is 0 Å². The first-order valence-electron chi connectivity index (χ1n) is 22.1. The van der Waals surface area contributed by atoms with Crippen molar-refractivity contribution >= 4 is 35.6 Å². The second-order valence-electron chi connectivity index (χ2n) is 16.7. The minimum Gasteiger partial charge on any atom is -0.481 e. The number of likely N-dealkylation sites (N-methyl/N-ethyl adjacent to an activating group) is 2. The summed E-state index contributed by atoms with van der Waals surface area (Å²) in [5, 5.41) is 18.0. The fraction of sp³-hybridized carbons (Fsp3) is 0.625. The molecule has 0 radical (unpaired) electrons. The Morgan fingerprint density at radius 1 is 0.667 bits per heavy atom. The van der Waals surface area contributed by atoms with Gasteiger partial charge in [-0.05, 0) is 100 Å². The minimum atomic E-state index is -0.919. The van der Waals surface area contributed by atoms with Crippen molar-refractivity contribution in [1.29, 1.82) is 0 Å². The monoisotopic (exact) mass is 838 g/mol. The zero-order chi connectivity index (χ0) is 45.6. The smallest absolute Gasteiger partial charge is 0.327 e. The lowest BCUT2D eigenvalue weighted by Crippen LogP contribution is -2.38. The lowest BCUT2D eigenvalue weighted by molar-refractivity contribution is -0.146. The van der Waals surface area contributed by atoms with Crippen molar-refractivity contribution in [1.82, 2.24) is 25.8 Å². The summed E-state index contributed by atoms with van der Waals surface area (Å²) in [7, 11) is 0. The third-order valence-electron chi connectivity index (χ3n) is 10.0. The average molecular weight is 838 g/mol. The highest BCUT2D eigenvalue weighted by atomic mass is 16.4. The van der Waals surface area contributed by atoms with E-state index in [1.54, 1.807) is 20.8 Å². The van der Waals surface area contributed by atoms with Gasteiger partial charge in [0.2, 0.25) is 17.7 Å². The number of hydrogen-bond acceptors (Lipinski definition) is 6. The van der Waals surface area contributed by atoms with Gasteiger partial charge in [-0.1, -0.05) is 104 Å². The number of aliphatic carboxylic acids is 1. The number of imide groups is 1. The van der Waals surface area contributed by atoms with Gasteiger partial charge in [-0.15, -0.1) is 0 Å². The molecular formula is C48H79N5O7. The number of carbonyl (C=O) groups is 6. The number of nitrogens with zero attached hydrogens (tertiary/aromatic N) is 2. The highest BCUT2D eigenvalue weighted by Gasteiger charge is 2.33. The number of amides is 6. The van der Waals surface area contributed by atoms with E-state index in [0.29, 0.717) is 37.9 Å². The first kappa shape index (κ1) is 55.3. The summed E-state index contributed by atoms with van der Waals surface area (Å²) in [6.45, 7) is 25.5. The number of hydrogen-bond donors (Lipinski definition) is 4. The van der Waals surface area contributed by atoms with E-state index < -0.39 is 17.8 Å². The van der Waals surface area contributed by atoms with Crippen molar-refractivity contribution in [3.05, 3.63) is 71.8 Å². The standard InChI is InChI=1S/C20H31NO3.C13H19NO.C8H17NO.C7H12N2O2/c1-14(2)9-8-12-21-19(22)18(16(4)20(23)24)13-15(3)17-10-6-5-7-11-17;1-11(2)7-6-10-14-13(15)12-8-4-3-5-9-12;1-7(2)5-4-6-9-8(3)10;1-3-8-5-6(10)9(4-2)7(8)11/h5-7,10-11,14-16,18H,8-9,12-13H2,1-4H3,(H,21,22)(H,23,24);3-5,8-9,11H,6-7,10H2,1-2H3,(H,14,15);7H,4-6H2,1-3H3,(H,9,10);3-5H2,1-2H3. The molecular weight excluding hydrogens is 759 g/mol. The van der Waals surface area contributed by atoms with E-state index in [1.807, 2.05) is 74.5 Å². The SMILES string of the molecule is CC(=O)NCCCC(C)C.CC(C)CCCNC(=O)C(CC(C)c1ccccc1)C(C)C(=O)O.CC(C)CCCNC(=O)c1ccccc1.CCN1CC(=O)N(CC)C1=O. The van der Waals surface area contributed by atoms with Crippen LogP contribution in [0.5, 0.6) is 0 Å². The van der Waals surface area contributed by atoms with Crippen LogP contribution in [0.15, 0.2) is 60.7 Å². The number of nitrogens with one attached hydrogen (secondary N) is 3. The van der Waals surface area contributed by atoms with E-state index in [1.165, 1.54) is 16.2 Å². The zero-order valence-electron chi connectivity index (χ0n) is 38.7. The van der Waals surface area contributed by atoms with Crippen molar-refractivity contribution in [2.24, 2.45) is 29.6 Å². The van der Waals surface area contributed by atoms with Gasteiger partial charge in [0, 0.05) is 45.2 Å². The summed E-state index contributed by atoms with van der Waals surface area (Å²) in [5.74, 6) is -0.0601. The molecule has 1 aliphatic rings. The van der Waals surface area contributed by atoms with Gasteiger partial charge < -0.3 is 26.0 Å². The molecule has 3 atom stereocenters. The average Bonchev–Trinajstić information content (AvgIpc) is 3.50. The van der Waals surface area contributed by atoms with Crippen LogP contribution < -0.4 is 16.0 Å². The number of carboxylic acids is 1. The molecule has 2 aromatic rings. The predicted molar refractivity (Wildman–Crippen MR) is 242 cm³/mol. The molecule has 12 nitrogen and oxygen atoms in total. The van der Waals surface area contributed by atoms with Gasteiger partial charge in [-0.2, -0.15) is 0 Å². The Morgan fingerprint density at radius 3 is 1.53 bits per heavy atom. The first-order chi connectivity index (χ1) is 28.4. The molecule has 0 spiro atoms. The topological polar surface area (TPSA) is 165 Å². The van der Waals surface area contributed by atoms with Gasteiger partial charge in [0.05, 0.1) is 11.8 Å². The lowest BCUT2D eigenvalue weighted by Gasteiger charge is -2.24. The van der Waals surface area contributed by atoms with E-state index in [-0.39, 0.29) is 42.1 Å². The van der Waals surface area contributed by atoms with Gasteiger partial charge in [0.1, 0.15) is 6.54 Å². The Morgan fingerprint density at radius 2 is 1.13 bits per heavy atom. The quantitative estimate of drug-likeness (QED) is 0.0721. The molecule has 338 valence electrons. The summed E-state index contributed by atoms with van der Waals surface area (Å²) >= 11 is 0. The van der Waals surface area contributed by atoms with Crippen LogP contribution in [-0.4, -0.2) is 89.8 Å². The second-order valence-corrected chi connectivity index (χ2v) is 16.7. The van der Waals surface area contributed by atoms with Crippen molar-refractivity contribution in [2.45, 2.75) is 127 Å². The van der Waals surface area contributed by atoms with E-state index >= 15 is 0 Å². The van der Waals surface area contributed by atoms with Gasteiger partial charge in [-0.25, -0.2) is 4.79 Å². The predicted octanol–water partition coefficient (Wildman–Crippen LogP) is 8.77. The fourth-order valence-corrected chi connectivity index (χ4v) is 6.19. The van der Waals surface area contributed by atoms with Crippen LogP contribution >= 0.6 is 0 Å². The first-order valence-corrected chi connectivity index (χ1v) is 22.1. The van der Waals surface area contributed by atoms with Gasteiger partial charge in [-0.3, -0.25) is 28.9 Å². The zero-order valence-corrected chi connectivity index (χ0v) is 38.7. The lowest BCUT2D eigenvalue weighted by atomic mass is 9.82. The Balaban J connectivity index is 0.000000829. The maximum Gasteiger partial charge on any atom is 0.327 e. The fourth-order valence-electron chi connectivity index (χ4n) is 6.19. The third kappa shape index (κ3) is 25.0. The van der Waals surface area contributed by atoms with Crippen LogP contribution in [-0.2, 0) is 19.2 Å². The molecule has 0 aromatic heterocycles.